The highest BCUT2D eigenvalue weighted by Crippen LogP contribution is 2.34. The van der Waals surface area contributed by atoms with Crippen LogP contribution in [0, 0.1) is 5.82 Å². The number of rotatable bonds is 7. The van der Waals surface area contributed by atoms with Crippen molar-refractivity contribution >= 4 is 46.6 Å². The topological polar surface area (TPSA) is 69.9 Å². The van der Waals surface area contributed by atoms with Crippen LogP contribution in [-0.2, 0) is 16.1 Å². The van der Waals surface area contributed by atoms with Crippen LogP contribution in [0.2, 0.25) is 10.0 Å². The Balaban J connectivity index is 1.66. The molecule has 0 saturated heterocycles. The van der Waals surface area contributed by atoms with Crippen LogP contribution in [-0.4, -0.2) is 17.6 Å². The third-order valence-corrected chi connectivity index (χ3v) is 7.87. The molecule has 6 nitrogen and oxygen atoms in total. The summed E-state index contributed by atoms with van der Waals surface area (Å²) in [5, 5.41) is 0.624. The summed E-state index contributed by atoms with van der Waals surface area (Å²) in [4.78, 5) is 32.0. The molecule has 0 saturated carbocycles. The number of methoxy groups -OCH3 is 1. The minimum absolute atomic E-state index is 0.125. The Morgan fingerprint density at radius 1 is 1.12 bits per heavy atom. The fraction of sp³-hybridized carbons (Fsp3) is 0.167. The number of esters is 1. The second kappa shape index (κ2) is 11.8. The highest BCUT2D eigenvalue weighted by Gasteiger charge is 2.33. The Morgan fingerprint density at radius 2 is 1.85 bits per heavy atom. The second-order valence-electron chi connectivity index (χ2n) is 8.92. The number of thiazole rings is 1. The lowest BCUT2D eigenvalue weighted by Crippen LogP contribution is -2.40. The lowest BCUT2D eigenvalue weighted by Gasteiger charge is -2.25. The molecule has 204 valence electrons. The molecule has 10 heteroatoms. The number of carbonyl (C=O) groups is 1. The molecular weight excluding hydrogens is 574 g/mol. The number of hydrogen-bond acceptors (Lipinski definition) is 6. The summed E-state index contributed by atoms with van der Waals surface area (Å²) in [6, 6.07) is 17.7. The molecule has 40 heavy (non-hydrogen) atoms. The van der Waals surface area contributed by atoms with E-state index in [1.165, 1.54) is 35.1 Å². The van der Waals surface area contributed by atoms with Gasteiger partial charge < -0.3 is 9.47 Å². The Bertz CT molecular complexity index is 1800. The van der Waals surface area contributed by atoms with Crippen molar-refractivity contribution in [2.24, 2.45) is 4.99 Å². The van der Waals surface area contributed by atoms with E-state index in [4.69, 9.17) is 32.7 Å². The number of benzene rings is 3. The molecule has 0 N–H and O–H groups in total. The zero-order valence-electron chi connectivity index (χ0n) is 21.5. The molecule has 1 aliphatic rings. The van der Waals surface area contributed by atoms with E-state index in [2.05, 4.69) is 4.99 Å². The van der Waals surface area contributed by atoms with Gasteiger partial charge in [0, 0.05) is 10.6 Å². The SMILES string of the molecule is CCC1=C(C(=O)OC)[C@@H](c2ccccc2)n2c(s/c(=C/c3cc(Cl)cc(Cl)c3OCc3ccc(F)cc3)c2=O)=N1. The number of halogens is 3. The molecule has 0 unspecified atom stereocenters. The number of fused-ring (bicyclic) bond motifs is 1. The van der Waals surface area contributed by atoms with Gasteiger partial charge in [0.05, 0.1) is 34.0 Å². The lowest BCUT2D eigenvalue weighted by atomic mass is 9.95. The van der Waals surface area contributed by atoms with Gasteiger partial charge in [0.2, 0.25) is 0 Å². The normalized spacial score (nSPS) is 15.0. The van der Waals surface area contributed by atoms with Gasteiger partial charge in [-0.25, -0.2) is 14.2 Å². The first-order valence-corrected chi connectivity index (χ1v) is 13.9. The van der Waals surface area contributed by atoms with E-state index < -0.39 is 12.0 Å². The molecule has 0 amide bonds. The summed E-state index contributed by atoms with van der Waals surface area (Å²) in [6.07, 6.45) is 2.13. The van der Waals surface area contributed by atoms with Gasteiger partial charge in [0.1, 0.15) is 18.2 Å². The Hall–Kier alpha value is -3.72. The predicted molar refractivity (Wildman–Crippen MR) is 154 cm³/mol. The van der Waals surface area contributed by atoms with Gasteiger partial charge in [-0.3, -0.25) is 9.36 Å². The standard InChI is InChI=1S/C30H23Cl2FN2O4S/c1-3-23-25(29(37)38-2)26(18-7-5-4-6-8-18)35-28(36)24(40-30(35)34-23)14-19-13-20(31)15-22(32)27(19)39-16-17-9-11-21(33)12-10-17/h4-15,26H,3,16H2,1-2H3/b24-14+/t26-/m1/s1. The minimum atomic E-state index is -0.709. The molecule has 0 fully saturated rings. The van der Waals surface area contributed by atoms with Gasteiger partial charge in [-0.15, -0.1) is 0 Å². The Labute approximate surface area is 243 Å². The number of allylic oxidation sites excluding steroid dienone is 1. The predicted octanol–water partition coefficient (Wildman–Crippen LogP) is 5.82. The van der Waals surface area contributed by atoms with E-state index in [1.807, 2.05) is 37.3 Å². The first kappa shape index (κ1) is 27.8. The maximum Gasteiger partial charge on any atom is 0.338 e. The molecule has 0 aliphatic carbocycles. The van der Waals surface area contributed by atoms with Crippen molar-refractivity contribution < 1.29 is 18.7 Å². The van der Waals surface area contributed by atoms with Crippen LogP contribution in [0.1, 0.15) is 36.1 Å². The number of nitrogens with zero attached hydrogens (tertiary/aromatic N) is 2. The van der Waals surface area contributed by atoms with Crippen LogP contribution in [0.25, 0.3) is 6.08 Å². The number of hydrogen-bond donors (Lipinski definition) is 0. The van der Waals surface area contributed by atoms with E-state index >= 15 is 0 Å². The maximum absolute atomic E-state index is 13.9. The van der Waals surface area contributed by atoms with Crippen LogP contribution in [0.15, 0.2) is 87.8 Å². The quantitative estimate of drug-likeness (QED) is 0.252. The highest BCUT2D eigenvalue weighted by molar-refractivity contribution is 7.07. The molecule has 0 spiro atoms. The Kier molecular flexibility index (Phi) is 8.21. The fourth-order valence-corrected chi connectivity index (χ4v) is 6.11. The number of carbonyl (C=O) groups excluding carboxylic acids is 1. The second-order valence-corrected chi connectivity index (χ2v) is 10.8. The van der Waals surface area contributed by atoms with Crippen molar-refractivity contribution in [3.05, 3.63) is 130 Å². The van der Waals surface area contributed by atoms with Gasteiger partial charge >= 0.3 is 5.97 Å². The summed E-state index contributed by atoms with van der Waals surface area (Å²) in [6.45, 7) is 2.02. The van der Waals surface area contributed by atoms with E-state index in [9.17, 15) is 14.0 Å². The first-order chi connectivity index (χ1) is 19.3. The first-order valence-electron chi connectivity index (χ1n) is 12.3. The summed E-state index contributed by atoms with van der Waals surface area (Å²) in [5.41, 5.74) is 2.53. The number of aromatic nitrogens is 1. The van der Waals surface area contributed by atoms with Crippen LogP contribution in [0.5, 0.6) is 5.75 Å². The van der Waals surface area contributed by atoms with E-state index in [0.717, 1.165) is 11.1 Å². The molecule has 2 heterocycles. The molecule has 3 aromatic carbocycles. The molecular formula is C30H23Cl2FN2O4S. The largest absolute Gasteiger partial charge is 0.487 e. The van der Waals surface area contributed by atoms with E-state index in [0.29, 0.717) is 43.4 Å². The molecule has 1 atom stereocenters. The van der Waals surface area contributed by atoms with Crippen LogP contribution in [0.4, 0.5) is 4.39 Å². The summed E-state index contributed by atoms with van der Waals surface area (Å²) in [7, 11) is 1.31. The molecule has 1 aliphatic heterocycles. The summed E-state index contributed by atoms with van der Waals surface area (Å²) >= 11 is 14.0. The molecule has 0 bridgehead atoms. The lowest BCUT2D eigenvalue weighted by molar-refractivity contribution is -0.136. The van der Waals surface area contributed by atoms with Crippen molar-refractivity contribution in [2.45, 2.75) is 26.0 Å². The van der Waals surface area contributed by atoms with Crippen LogP contribution in [0.3, 0.4) is 0 Å². The maximum atomic E-state index is 13.9. The molecule has 0 radical (unpaired) electrons. The van der Waals surface area contributed by atoms with Gasteiger partial charge in [0.15, 0.2) is 4.80 Å². The zero-order chi connectivity index (χ0) is 28.4. The van der Waals surface area contributed by atoms with Crippen molar-refractivity contribution in [3.8, 4) is 5.75 Å². The minimum Gasteiger partial charge on any atom is -0.487 e. The van der Waals surface area contributed by atoms with Crippen LogP contribution < -0.4 is 19.6 Å². The van der Waals surface area contributed by atoms with Crippen molar-refractivity contribution in [1.82, 2.24) is 4.57 Å². The average molecular weight is 597 g/mol. The summed E-state index contributed by atoms with van der Waals surface area (Å²) < 4.78 is 26.3. The zero-order valence-corrected chi connectivity index (χ0v) is 23.8. The smallest absolute Gasteiger partial charge is 0.338 e. The van der Waals surface area contributed by atoms with Crippen molar-refractivity contribution in [1.29, 1.82) is 0 Å². The van der Waals surface area contributed by atoms with Gasteiger partial charge in [-0.1, -0.05) is 83.9 Å². The average Bonchev–Trinajstić information content (AvgIpc) is 3.26. The molecule has 1 aromatic heterocycles. The Morgan fingerprint density at radius 3 is 2.52 bits per heavy atom. The number of ether oxygens (including phenoxy) is 2. The van der Waals surface area contributed by atoms with Crippen molar-refractivity contribution in [3.63, 3.8) is 0 Å². The van der Waals surface area contributed by atoms with E-state index in [1.54, 1.807) is 30.3 Å². The fourth-order valence-electron chi connectivity index (χ4n) is 4.53. The third kappa shape index (κ3) is 5.47. The third-order valence-electron chi connectivity index (χ3n) is 6.39. The summed E-state index contributed by atoms with van der Waals surface area (Å²) in [5.74, 6) is -0.563. The van der Waals surface area contributed by atoms with Gasteiger partial charge in [0.25, 0.3) is 5.56 Å². The van der Waals surface area contributed by atoms with Crippen LogP contribution >= 0.6 is 34.5 Å². The molecule has 5 rings (SSSR count). The molecule has 4 aromatic rings. The monoisotopic (exact) mass is 596 g/mol. The van der Waals surface area contributed by atoms with Gasteiger partial charge in [-0.2, -0.15) is 0 Å². The highest BCUT2D eigenvalue weighted by atomic mass is 35.5. The van der Waals surface area contributed by atoms with Crippen molar-refractivity contribution in [2.75, 3.05) is 7.11 Å². The van der Waals surface area contributed by atoms with E-state index in [-0.39, 0.29) is 23.0 Å². The van der Waals surface area contributed by atoms with Gasteiger partial charge in [-0.05, 0) is 47.9 Å².